The molecule has 90 valence electrons. The average molecular weight is 238 g/mol. The topological polar surface area (TPSA) is 112 Å². The van der Waals surface area contributed by atoms with Gasteiger partial charge in [0.1, 0.15) is 0 Å². The normalized spacial score (nSPS) is 8.20. The van der Waals surface area contributed by atoms with Gasteiger partial charge in [-0.25, -0.2) is 0 Å². The lowest BCUT2D eigenvalue weighted by atomic mass is 10.8. The Kier molecular flexibility index (Phi) is 19.4. The molecule has 0 aliphatic heterocycles. The molecule has 0 rings (SSSR count). The first-order chi connectivity index (χ1) is 6.73. The Bertz CT molecular complexity index is 172. The second-order valence-corrected chi connectivity index (χ2v) is 4.74. The first-order valence-electron chi connectivity index (χ1n) is 4.34. The quantitative estimate of drug-likeness (QED) is 0.609. The summed E-state index contributed by atoms with van der Waals surface area (Å²) >= 11 is 0. The van der Waals surface area contributed by atoms with Gasteiger partial charge < -0.3 is 15.3 Å². The van der Waals surface area contributed by atoms with Gasteiger partial charge in [-0.05, 0) is 0 Å². The highest BCUT2D eigenvalue weighted by Crippen LogP contribution is 1.81. The third-order valence-corrected chi connectivity index (χ3v) is 2.23. The second-order valence-electron chi connectivity index (χ2n) is 2.54. The number of carbonyl (C=O) groups is 3. The molecule has 0 heterocycles. The van der Waals surface area contributed by atoms with Crippen molar-refractivity contribution in [3.05, 3.63) is 0 Å². The van der Waals surface area contributed by atoms with E-state index in [1.165, 1.54) is 0 Å². The lowest BCUT2D eigenvalue weighted by molar-refractivity contribution is -0.135. The van der Waals surface area contributed by atoms with Gasteiger partial charge in [-0.1, -0.05) is 13.0 Å². The molecule has 0 saturated carbocycles. The molecule has 0 unspecified atom stereocenters. The van der Waals surface area contributed by atoms with Gasteiger partial charge in [-0.2, -0.15) is 0 Å². The van der Waals surface area contributed by atoms with Crippen LogP contribution in [0.2, 0.25) is 12.1 Å². The number of carboxylic acid groups (broad SMARTS) is 3. The van der Waals surface area contributed by atoms with Crippen LogP contribution in [0.3, 0.4) is 0 Å². The Balaban J connectivity index is -0.000000155. The summed E-state index contributed by atoms with van der Waals surface area (Å²) in [7, 11) is -0.225. The van der Waals surface area contributed by atoms with Crippen LogP contribution >= 0.6 is 0 Å². The Morgan fingerprint density at radius 1 is 1.00 bits per heavy atom. The van der Waals surface area contributed by atoms with Crippen molar-refractivity contribution in [3.8, 4) is 0 Å². The fourth-order valence-corrected chi connectivity index (χ4v) is 0.984. The summed E-state index contributed by atoms with van der Waals surface area (Å²) in [5.41, 5.74) is 0. The average Bonchev–Trinajstić information content (AvgIpc) is 1.98. The van der Waals surface area contributed by atoms with Crippen molar-refractivity contribution >= 4 is 27.4 Å². The van der Waals surface area contributed by atoms with Gasteiger partial charge in [0.15, 0.2) is 0 Å². The highest BCUT2D eigenvalue weighted by Gasteiger charge is 1.91. The predicted octanol–water partition coefficient (Wildman–Crippen LogP) is 0.278. The van der Waals surface area contributed by atoms with Gasteiger partial charge >= 0.3 is 0 Å². The molecule has 0 amide bonds. The summed E-state index contributed by atoms with van der Waals surface area (Å²) in [6.07, 6.45) is 0. The highest BCUT2D eigenvalue weighted by molar-refractivity contribution is 6.40. The first kappa shape index (κ1) is 19.2. The number of aliphatic carboxylic acids is 3. The summed E-state index contributed by atoms with van der Waals surface area (Å²) in [5.74, 6) is -2.30. The number of carboxylic acids is 3. The van der Waals surface area contributed by atoms with E-state index >= 15 is 0 Å². The van der Waals surface area contributed by atoms with Gasteiger partial charge in [-0.3, -0.25) is 14.4 Å². The zero-order valence-electron chi connectivity index (χ0n) is 9.19. The molecule has 0 aromatic heterocycles. The zero-order valence-corrected chi connectivity index (χ0v) is 10.6. The van der Waals surface area contributed by atoms with Crippen LogP contribution in [-0.2, 0) is 14.4 Å². The summed E-state index contributed by atoms with van der Waals surface area (Å²) in [6.45, 7) is 4.20. The van der Waals surface area contributed by atoms with Crippen LogP contribution in [0.1, 0.15) is 20.8 Å². The Morgan fingerprint density at radius 2 is 1.27 bits per heavy atom. The first-order valence-corrected chi connectivity index (χ1v) is 6.34. The maximum absolute atomic E-state index is 9.79. The van der Waals surface area contributed by atoms with E-state index in [-0.39, 0.29) is 9.52 Å². The van der Waals surface area contributed by atoms with Crippen molar-refractivity contribution < 1.29 is 29.7 Å². The van der Waals surface area contributed by atoms with Crippen LogP contribution in [-0.4, -0.2) is 42.7 Å². The van der Waals surface area contributed by atoms with Crippen LogP contribution in [0, 0.1) is 0 Å². The summed E-state index contributed by atoms with van der Waals surface area (Å²) in [5, 5.41) is 22.9. The van der Waals surface area contributed by atoms with E-state index in [0.717, 1.165) is 19.9 Å². The van der Waals surface area contributed by atoms with Crippen LogP contribution in [0.15, 0.2) is 0 Å². The molecule has 0 atom stereocenters. The molecule has 0 spiro atoms. The molecule has 0 saturated heterocycles. The zero-order chi connectivity index (χ0) is 12.9. The third-order valence-electron chi connectivity index (χ3n) is 0.744. The Labute approximate surface area is 90.7 Å². The monoisotopic (exact) mass is 238 g/mol. The highest BCUT2D eigenvalue weighted by atomic mass is 28.2. The maximum Gasteiger partial charge on any atom is 0.300 e. The summed E-state index contributed by atoms with van der Waals surface area (Å²) < 4.78 is 0. The number of rotatable bonds is 3. The molecule has 0 radical (unpaired) electrons. The minimum absolute atomic E-state index is 0.225. The lowest BCUT2D eigenvalue weighted by Gasteiger charge is -1.84. The van der Waals surface area contributed by atoms with Gasteiger partial charge in [0.05, 0.1) is 0 Å². The van der Waals surface area contributed by atoms with Crippen LogP contribution in [0.25, 0.3) is 0 Å². The number of hydrogen-bond donors (Lipinski definition) is 3. The van der Waals surface area contributed by atoms with Crippen LogP contribution in [0.4, 0.5) is 0 Å². The fraction of sp³-hybridized carbons (Fsp3) is 0.625. The molecule has 0 aromatic rings. The van der Waals surface area contributed by atoms with Crippen molar-refractivity contribution in [2.45, 2.75) is 32.9 Å². The van der Waals surface area contributed by atoms with Crippen LogP contribution in [0.5, 0.6) is 0 Å². The van der Waals surface area contributed by atoms with E-state index in [0.29, 0.717) is 6.04 Å². The van der Waals surface area contributed by atoms with Crippen molar-refractivity contribution in [3.63, 3.8) is 0 Å². The molecule has 6 nitrogen and oxygen atoms in total. The molecule has 7 heteroatoms. The molecule has 3 N–H and O–H groups in total. The minimum atomic E-state index is -0.833. The smallest absolute Gasteiger partial charge is 0.300 e. The van der Waals surface area contributed by atoms with E-state index in [4.69, 9.17) is 24.9 Å². The minimum Gasteiger partial charge on any atom is -0.481 e. The molecule has 0 aliphatic carbocycles. The maximum atomic E-state index is 9.79. The van der Waals surface area contributed by atoms with Crippen LogP contribution < -0.4 is 0 Å². The predicted molar refractivity (Wildman–Crippen MR) is 58.1 cm³/mol. The number of hydrogen-bond acceptors (Lipinski definition) is 3. The third kappa shape index (κ3) is 207. The van der Waals surface area contributed by atoms with Crippen molar-refractivity contribution in [2.24, 2.45) is 0 Å². The van der Waals surface area contributed by atoms with E-state index in [1.807, 2.05) is 6.92 Å². The fourth-order valence-electron chi connectivity index (χ4n) is 0.328. The second kappa shape index (κ2) is 15.1. The largest absolute Gasteiger partial charge is 0.481 e. The van der Waals surface area contributed by atoms with Crippen molar-refractivity contribution in [1.82, 2.24) is 0 Å². The van der Waals surface area contributed by atoms with Gasteiger partial charge in [-0.15, -0.1) is 0 Å². The van der Waals surface area contributed by atoms with E-state index in [2.05, 4.69) is 0 Å². The molecule has 0 bridgehead atoms. The molecule has 0 aliphatic rings. The van der Waals surface area contributed by atoms with Gasteiger partial charge in [0, 0.05) is 29.4 Å². The molecule has 15 heavy (non-hydrogen) atoms. The molecular weight excluding hydrogens is 220 g/mol. The SMILES string of the molecule is CC(=O)O.CC(=O)O.CC[SiH2]CC(=O)O. The standard InChI is InChI=1S/C4H10O2Si.2C2H4O2/c1-2-7-3-4(5)6;2*1-2(3)4/h2-3,7H2,1H3,(H,5,6);2*1H3,(H,3,4). The molecule has 0 fully saturated rings. The van der Waals surface area contributed by atoms with E-state index < -0.39 is 17.9 Å². The van der Waals surface area contributed by atoms with Gasteiger partial charge in [0.25, 0.3) is 17.9 Å². The van der Waals surface area contributed by atoms with Gasteiger partial charge in [0.2, 0.25) is 0 Å². The lowest BCUT2D eigenvalue weighted by Crippen LogP contribution is -1.98. The summed E-state index contributed by atoms with van der Waals surface area (Å²) in [4.78, 5) is 27.8. The van der Waals surface area contributed by atoms with Crippen molar-refractivity contribution in [2.75, 3.05) is 0 Å². The summed E-state index contributed by atoms with van der Waals surface area (Å²) in [6, 6.07) is 1.56. The molecular formula is C8H18O6Si. The van der Waals surface area contributed by atoms with Crippen molar-refractivity contribution in [1.29, 1.82) is 0 Å². The Morgan fingerprint density at radius 3 is 1.33 bits per heavy atom. The molecule has 0 aromatic carbocycles. The van der Waals surface area contributed by atoms with E-state index in [9.17, 15) is 4.79 Å². The Hall–Kier alpha value is -1.37. The van der Waals surface area contributed by atoms with E-state index in [1.54, 1.807) is 0 Å².